The largest absolute Gasteiger partial charge is 0.465 e. The van der Waals surface area contributed by atoms with Gasteiger partial charge in [-0.2, -0.15) is 0 Å². The molecule has 0 saturated carbocycles. The van der Waals surface area contributed by atoms with Gasteiger partial charge in [0, 0.05) is 18.8 Å². The zero-order valence-electron chi connectivity index (χ0n) is 13.3. The number of aromatic nitrogens is 3. The Hall–Kier alpha value is -2.02. The number of carbonyl (C=O) groups is 1. The second-order valence-corrected chi connectivity index (χ2v) is 6.36. The molecule has 1 aromatic heterocycles. The fourth-order valence-electron chi connectivity index (χ4n) is 2.58. The molecule has 0 bridgehead atoms. The average Bonchev–Trinajstić information content (AvgIpc) is 3.16. The zero-order valence-corrected chi connectivity index (χ0v) is 14.1. The third kappa shape index (κ3) is 3.19. The van der Waals surface area contributed by atoms with Gasteiger partial charge in [-0.15, -0.1) is 10.2 Å². The highest BCUT2D eigenvalue weighted by atomic mass is 32.2. The molecule has 7 heteroatoms. The first-order valence-corrected chi connectivity index (χ1v) is 8.71. The highest BCUT2D eigenvalue weighted by Crippen LogP contribution is 2.34. The van der Waals surface area contributed by atoms with E-state index in [1.54, 1.807) is 0 Å². The standard InChI is InChI=1S/C16H20N4O2S/c1-3-13(14(21)22-4-2)23-16-18-17-15-19(10-11-20(15)16)12-8-6-5-7-9-12/h5-9,13H,3-4,10-11H2,1-2H3. The molecule has 1 unspecified atom stereocenters. The second kappa shape index (κ2) is 7.04. The first-order valence-electron chi connectivity index (χ1n) is 7.83. The van der Waals surface area contributed by atoms with E-state index in [4.69, 9.17) is 4.74 Å². The maximum atomic E-state index is 12.0. The Morgan fingerprint density at radius 1 is 1.26 bits per heavy atom. The summed E-state index contributed by atoms with van der Waals surface area (Å²) in [7, 11) is 0. The van der Waals surface area contributed by atoms with Crippen molar-refractivity contribution < 1.29 is 9.53 Å². The summed E-state index contributed by atoms with van der Waals surface area (Å²) >= 11 is 1.43. The van der Waals surface area contributed by atoms with Gasteiger partial charge in [0.25, 0.3) is 0 Å². The molecule has 1 aliphatic heterocycles. The minimum atomic E-state index is -0.242. The van der Waals surface area contributed by atoms with Crippen LogP contribution in [0.25, 0.3) is 0 Å². The van der Waals surface area contributed by atoms with Crippen LogP contribution < -0.4 is 4.90 Å². The molecule has 23 heavy (non-hydrogen) atoms. The van der Waals surface area contributed by atoms with E-state index in [2.05, 4.69) is 31.8 Å². The molecule has 2 aromatic rings. The van der Waals surface area contributed by atoms with E-state index >= 15 is 0 Å². The average molecular weight is 332 g/mol. The summed E-state index contributed by atoms with van der Waals surface area (Å²) in [6, 6.07) is 10.1. The van der Waals surface area contributed by atoms with Gasteiger partial charge in [-0.1, -0.05) is 36.9 Å². The van der Waals surface area contributed by atoms with Crippen LogP contribution in [0.4, 0.5) is 11.6 Å². The van der Waals surface area contributed by atoms with Gasteiger partial charge >= 0.3 is 5.97 Å². The van der Waals surface area contributed by atoms with Crippen molar-refractivity contribution in [2.24, 2.45) is 0 Å². The lowest BCUT2D eigenvalue weighted by atomic mass is 10.3. The molecule has 0 N–H and O–H groups in total. The van der Waals surface area contributed by atoms with Crippen molar-refractivity contribution in [3.63, 3.8) is 0 Å². The van der Waals surface area contributed by atoms with Crippen molar-refractivity contribution in [1.82, 2.24) is 14.8 Å². The van der Waals surface area contributed by atoms with Crippen molar-refractivity contribution in [2.45, 2.75) is 37.2 Å². The molecule has 0 aliphatic carbocycles. The number of rotatable bonds is 6. The van der Waals surface area contributed by atoms with Crippen LogP contribution in [0.3, 0.4) is 0 Å². The number of esters is 1. The van der Waals surface area contributed by atoms with E-state index in [1.165, 1.54) is 11.8 Å². The van der Waals surface area contributed by atoms with Crippen LogP contribution in [-0.2, 0) is 16.1 Å². The number of hydrogen-bond acceptors (Lipinski definition) is 6. The van der Waals surface area contributed by atoms with E-state index in [1.807, 2.05) is 32.0 Å². The molecule has 0 amide bonds. The summed E-state index contributed by atoms with van der Waals surface area (Å²) in [6.45, 7) is 5.88. The summed E-state index contributed by atoms with van der Waals surface area (Å²) < 4.78 is 7.19. The Morgan fingerprint density at radius 3 is 2.74 bits per heavy atom. The zero-order chi connectivity index (χ0) is 16.2. The molecule has 1 aromatic carbocycles. The third-order valence-corrected chi connectivity index (χ3v) is 5.04. The Labute approximate surface area is 139 Å². The number of benzene rings is 1. The molecule has 0 fully saturated rings. The minimum Gasteiger partial charge on any atom is -0.465 e. The number of nitrogens with zero attached hydrogens (tertiary/aromatic N) is 4. The number of fused-ring (bicyclic) bond motifs is 1. The molecule has 0 saturated heterocycles. The number of hydrogen-bond donors (Lipinski definition) is 0. The number of thioether (sulfide) groups is 1. The highest BCUT2D eigenvalue weighted by Gasteiger charge is 2.29. The van der Waals surface area contributed by atoms with Crippen molar-refractivity contribution in [1.29, 1.82) is 0 Å². The smallest absolute Gasteiger partial charge is 0.319 e. The molecular formula is C16H20N4O2S. The molecule has 1 aliphatic rings. The molecule has 2 heterocycles. The highest BCUT2D eigenvalue weighted by molar-refractivity contribution is 8.00. The van der Waals surface area contributed by atoms with Crippen LogP contribution >= 0.6 is 11.8 Å². The number of carbonyl (C=O) groups excluding carboxylic acids is 1. The monoisotopic (exact) mass is 332 g/mol. The van der Waals surface area contributed by atoms with Gasteiger partial charge in [0.2, 0.25) is 5.95 Å². The van der Waals surface area contributed by atoms with E-state index in [0.717, 1.165) is 29.9 Å². The van der Waals surface area contributed by atoms with Gasteiger partial charge in [0.05, 0.1) is 6.61 Å². The number of ether oxygens (including phenoxy) is 1. The van der Waals surface area contributed by atoms with Crippen molar-refractivity contribution in [3.8, 4) is 0 Å². The molecule has 3 rings (SSSR count). The minimum absolute atomic E-state index is 0.185. The predicted octanol–water partition coefficient (Wildman–Crippen LogP) is 2.86. The molecule has 0 radical (unpaired) electrons. The van der Waals surface area contributed by atoms with Crippen molar-refractivity contribution in [3.05, 3.63) is 30.3 Å². The van der Waals surface area contributed by atoms with Gasteiger partial charge in [-0.05, 0) is 25.5 Å². The van der Waals surface area contributed by atoms with Gasteiger partial charge in [0.15, 0.2) is 5.16 Å². The van der Waals surface area contributed by atoms with E-state index in [-0.39, 0.29) is 11.2 Å². The van der Waals surface area contributed by atoms with E-state index in [9.17, 15) is 4.79 Å². The Kier molecular flexibility index (Phi) is 4.85. The second-order valence-electron chi connectivity index (χ2n) is 5.19. The molecule has 1 atom stereocenters. The molecule has 6 nitrogen and oxygen atoms in total. The van der Waals surface area contributed by atoms with Crippen LogP contribution in [0.15, 0.2) is 35.5 Å². The summed E-state index contributed by atoms with van der Waals surface area (Å²) in [5.74, 6) is 0.646. The predicted molar refractivity (Wildman–Crippen MR) is 90.0 cm³/mol. The molecular weight excluding hydrogens is 312 g/mol. The molecule has 0 spiro atoms. The van der Waals surface area contributed by atoms with Gasteiger partial charge in [-0.3, -0.25) is 9.36 Å². The quantitative estimate of drug-likeness (QED) is 0.599. The van der Waals surface area contributed by atoms with Crippen molar-refractivity contribution in [2.75, 3.05) is 18.1 Å². The summed E-state index contributed by atoms with van der Waals surface area (Å²) in [4.78, 5) is 14.1. The Balaban J connectivity index is 1.79. The fraction of sp³-hybridized carbons (Fsp3) is 0.438. The number of para-hydroxylation sites is 1. The first kappa shape index (κ1) is 15.9. The maximum absolute atomic E-state index is 12.0. The SMILES string of the molecule is CCOC(=O)C(CC)Sc1nnc2n1CCN2c1ccccc1. The summed E-state index contributed by atoms with van der Waals surface area (Å²) in [5.41, 5.74) is 1.10. The van der Waals surface area contributed by atoms with Gasteiger partial charge in [0.1, 0.15) is 5.25 Å². The topological polar surface area (TPSA) is 60.2 Å². The third-order valence-electron chi connectivity index (χ3n) is 3.72. The Bertz CT molecular complexity index is 674. The van der Waals surface area contributed by atoms with E-state index < -0.39 is 0 Å². The van der Waals surface area contributed by atoms with Crippen LogP contribution in [-0.4, -0.2) is 39.1 Å². The normalized spacial score (nSPS) is 14.6. The lowest BCUT2D eigenvalue weighted by molar-refractivity contribution is -0.142. The fourth-order valence-corrected chi connectivity index (χ4v) is 3.55. The molecule has 122 valence electrons. The van der Waals surface area contributed by atoms with Gasteiger partial charge < -0.3 is 9.64 Å². The lowest BCUT2D eigenvalue weighted by Gasteiger charge is -2.14. The van der Waals surface area contributed by atoms with E-state index in [0.29, 0.717) is 13.0 Å². The van der Waals surface area contributed by atoms with Crippen LogP contribution in [0.1, 0.15) is 20.3 Å². The lowest BCUT2D eigenvalue weighted by Crippen LogP contribution is -2.20. The van der Waals surface area contributed by atoms with Crippen molar-refractivity contribution >= 4 is 29.4 Å². The number of anilines is 2. The van der Waals surface area contributed by atoms with Crippen LogP contribution in [0, 0.1) is 0 Å². The van der Waals surface area contributed by atoms with Crippen LogP contribution in [0.5, 0.6) is 0 Å². The summed E-state index contributed by atoms with van der Waals surface area (Å²) in [5, 5.41) is 9.12. The first-order chi connectivity index (χ1) is 11.2. The van der Waals surface area contributed by atoms with Gasteiger partial charge in [-0.25, -0.2) is 0 Å². The summed E-state index contributed by atoms with van der Waals surface area (Å²) in [6.07, 6.45) is 0.702. The maximum Gasteiger partial charge on any atom is 0.319 e. The van der Waals surface area contributed by atoms with Crippen LogP contribution in [0.2, 0.25) is 0 Å². The Morgan fingerprint density at radius 2 is 2.04 bits per heavy atom.